The molecule has 0 radical (unpaired) electrons. The van der Waals surface area contributed by atoms with Crippen molar-refractivity contribution in [2.24, 2.45) is 11.8 Å². The van der Waals surface area contributed by atoms with Crippen LogP contribution in [0.25, 0.3) is 0 Å². The van der Waals surface area contributed by atoms with Crippen molar-refractivity contribution in [2.75, 3.05) is 0 Å². The van der Waals surface area contributed by atoms with E-state index < -0.39 is 0 Å². The van der Waals surface area contributed by atoms with Crippen molar-refractivity contribution >= 4 is 5.78 Å². The molecule has 1 heteroatoms. The van der Waals surface area contributed by atoms with Gasteiger partial charge in [0.15, 0.2) is 0 Å². The van der Waals surface area contributed by atoms with E-state index in [2.05, 4.69) is 6.92 Å². The minimum atomic E-state index is 0.361. The molecule has 0 unspecified atom stereocenters. The van der Waals surface area contributed by atoms with Gasteiger partial charge in [-0.25, -0.2) is 0 Å². The van der Waals surface area contributed by atoms with E-state index in [1.807, 2.05) is 0 Å². The highest BCUT2D eigenvalue weighted by molar-refractivity contribution is 5.78. The van der Waals surface area contributed by atoms with Crippen molar-refractivity contribution in [1.82, 2.24) is 0 Å². The first-order valence-electron chi connectivity index (χ1n) is 4.74. The van der Waals surface area contributed by atoms with E-state index in [1.165, 1.54) is 19.3 Å². The summed E-state index contributed by atoms with van der Waals surface area (Å²) in [6.45, 7) is 3.84. The normalized spacial score (nSPS) is 20.9. The second kappa shape index (κ2) is 3.89. The van der Waals surface area contributed by atoms with Crippen molar-refractivity contribution < 1.29 is 4.79 Å². The molecule has 1 fully saturated rings. The third-order valence-electron chi connectivity index (χ3n) is 2.91. The molecule has 1 rings (SSSR count). The fraction of sp³-hybridized carbons (Fsp3) is 0.900. The fourth-order valence-electron chi connectivity index (χ4n) is 1.75. The van der Waals surface area contributed by atoms with Gasteiger partial charge in [-0.05, 0) is 25.7 Å². The maximum atomic E-state index is 11.1. The zero-order valence-corrected chi connectivity index (χ0v) is 7.60. The zero-order chi connectivity index (χ0) is 8.27. The second-order valence-electron chi connectivity index (χ2n) is 3.75. The summed E-state index contributed by atoms with van der Waals surface area (Å²) < 4.78 is 0. The van der Waals surface area contributed by atoms with Gasteiger partial charge in [-0.1, -0.05) is 26.2 Å². The van der Waals surface area contributed by atoms with Gasteiger partial charge in [0.05, 0.1) is 0 Å². The number of carbonyl (C=O) groups is 1. The highest BCUT2D eigenvalue weighted by Gasteiger charge is 2.23. The highest BCUT2D eigenvalue weighted by atomic mass is 16.1. The molecule has 0 aliphatic heterocycles. The van der Waals surface area contributed by atoms with Crippen LogP contribution in [0.2, 0.25) is 0 Å². The van der Waals surface area contributed by atoms with E-state index in [4.69, 9.17) is 0 Å². The lowest BCUT2D eigenvalue weighted by atomic mass is 9.77. The van der Waals surface area contributed by atoms with Crippen LogP contribution in [0.3, 0.4) is 0 Å². The van der Waals surface area contributed by atoms with Gasteiger partial charge in [-0.3, -0.25) is 4.79 Å². The molecule has 0 amide bonds. The zero-order valence-electron chi connectivity index (χ0n) is 7.60. The third-order valence-corrected chi connectivity index (χ3v) is 2.91. The number of carbonyl (C=O) groups excluding carboxylic acids is 1. The Morgan fingerprint density at radius 2 is 2.18 bits per heavy atom. The molecule has 0 spiro atoms. The Kier molecular flexibility index (Phi) is 3.10. The summed E-state index contributed by atoms with van der Waals surface area (Å²) in [5, 5.41) is 0. The first-order valence-corrected chi connectivity index (χ1v) is 4.74. The molecule has 0 saturated heterocycles. The van der Waals surface area contributed by atoms with Crippen LogP contribution >= 0.6 is 0 Å². The number of rotatable bonds is 4. The SMILES string of the molecule is CC[C@@H](CC1CCC1)C(C)=O. The van der Waals surface area contributed by atoms with Gasteiger partial charge in [0, 0.05) is 5.92 Å². The molecule has 1 nitrogen and oxygen atoms in total. The van der Waals surface area contributed by atoms with Gasteiger partial charge in [-0.2, -0.15) is 0 Å². The van der Waals surface area contributed by atoms with Crippen molar-refractivity contribution in [3.8, 4) is 0 Å². The van der Waals surface area contributed by atoms with Gasteiger partial charge in [0.2, 0.25) is 0 Å². The molecular formula is C10H18O. The average Bonchev–Trinajstić information content (AvgIpc) is 1.85. The van der Waals surface area contributed by atoms with E-state index in [0.717, 1.165) is 18.8 Å². The van der Waals surface area contributed by atoms with Gasteiger partial charge in [-0.15, -0.1) is 0 Å². The third kappa shape index (κ3) is 2.32. The molecule has 1 saturated carbocycles. The Morgan fingerprint density at radius 3 is 2.45 bits per heavy atom. The Hall–Kier alpha value is -0.330. The first kappa shape index (κ1) is 8.76. The van der Waals surface area contributed by atoms with Crippen molar-refractivity contribution in [3.05, 3.63) is 0 Å². The average molecular weight is 154 g/mol. The van der Waals surface area contributed by atoms with Gasteiger partial charge >= 0.3 is 0 Å². The first-order chi connectivity index (χ1) is 5.24. The Balaban J connectivity index is 2.24. The van der Waals surface area contributed by atoms with Gasteiger partial charge in [0.1, 0.15) is 5.78 Å². The lowest BCUT2D eigenvalue weighted by molar-refractivity contribution is -0.121. The molecule has 64 valence electrons. The topological polar surface area (TPSA) is 17.1 Å². The maximum Gasteiger partial charge on any atom is 0.132 e. The maximum absolute atomic E-state index is 11.1. The van der Waals surface area contributed by atoms with Crippen LogP contribution in [0.1, 0.15) is 46.0 Å². The lowest BCUT2D eigenvalue weighted by Gasteiger charge is -2.28. The van der Waals surface area contributed by atoms with E-state index in [9.17, 15) is 4.79 Å². The monoisotopic (exact) mass is 154 g/mol. The van der Waals surface area contributed by atoms with Crippen molar-refractivity contribution in [1.29, 1.82) is 0 Å². The number of hydrogen-bond acceptors (Lipinski definition) is 1. The summed E-state index contributed by atoms with van der Waals surface area (Å²) in [6, 6.07) is 0. The van der Waals surface area contributed by atoms with Gasteiger partial charge < -0.3 is 0 Å². The predicted molar refractivity (Wildman–Crippen MR) is 46.4 cm³/mol. The van der Waals surface area contributed by atoms with E-state index in [-0.39, 0.29) is 0 Å². The molecule has 0 bridgehead atoms. The summed E-state index contributed by atoms with van der Waals surface area (Å²) in [7, 11) is 0. The van der Waals surface area contributed by atoms with Gasteiger partial charge in [0.25, 0.3) is 0 Å². The predicted octanol–water partition coefficient (Wildman–Crippen LogP) is 2.79. The summed E-state index contributed by atoms with van der Waals surface area (Å²) in [5.74, 6) is 1.63. The van der Waals surface area contributed by atoms with Crippen molar-refractivity contribution in [3.63, 3.8) is 0 Å². The summed E-state index contributed by atoms with van der Waals surface area (Å²) >= 11 is 0. The van der Waals surface area contributed by atoms with Crippen LogP contribution in [0.5, 0.6) is 0 Å². The molecule has 1 aliphatic rings. The number of ketones is 1. The van der Waals surface area contributed by atoms with Crippen LogP contribution in [-0.4, -0.2) is 5.78 Å². The molecule has 0 aromatic rings. The molecule has 1 atom stereocenters. The van der Waals surface area contributed by atoms with Crippen LogP contribution in [-0.2, 0) is 4.79 Å². The van der Waals surface area contributed by atoms with Crippen LogP contribution in [0.15, 0.2) is 0 Å². The van der Waals surface area contributed by atoms with Crippen molar-refractivity contribution in [2.45, 2.75) is 46.0 Å². The quantitative estimate of drug-likeness (QED) is 0.608. The summed E-state index contributed by atoms with van der Waals surface area (Å²) in [4.78, 5) is 11.1. The van der Waals surface area contributed by atoms with E-state index in [0.29, 0.717) is 11.7 Å². The molecule has 11 heavy (non-hydrogen) atoms. The molecule has 0 heterocycles. The van der Waals surface area contributed by atoms with Crippen LogP contribution < -0.4 is 0 Å². The molecular weight excluding hydrogens is 136 g/mol. The fourth-order valence-corrected chi connectivity index (χ4v) is 1.75. The van der Waals surface area contributed by atoms with Crippen LogP contribution in [0, 0.1) is 11.8 Å². The smallest absolute Gasteiger partial charge is 0.132 e. The largest absolute Gasteiger partial charge is 0.300 e. The Labute approximate surface area is 69.2 Å². The number of Topliss-reactive ketones (excluding diaryl/α,β-unsaturated/α-hetero) is 1. The van der Waals surface area contributed by atoms with E-state index in [1.54, 1.807) is 6.92 Å². The number of hydrogen-bond donors (Lipinski definition) is 0. The standard InChI is InChI=1S/C10H18O/c1-3-10(8(2)11)7-9-5-4-6-9/h9-10H,3-7H2,1-2H3/t10-/m0/s1. The molecule has 0 N–H and O–H groups in total. The summed E-state index contributed by atoms with van der Waals surface area (Å²) in [5.41, 5.74) is 0. The second-order valence-corrected chi connectivity index (χ2v) is 3.75. The Bertz CT molecular complexity index is 136. The van der Waals surface area contributed by atoms with Crippen LogP contribution in [0.4, 0.5) is 0 Å². The molecule has 0 aromatic carbocycles. The minimum absolute atomic E-state index is 0.361. The molecule has 1 aliphatic carbocycles. The minimum Gasteiger partial charge on any atom is -0.300 e. The lowest BCUT2D eigenvalue weighted by Crippen LogP contribution is -2.19. The highest BCUT2D eigenvalue weighted by Crippen LogP contribution is 2.33. The summed E-state index contributed by atoms with van der Waals surface area (Å²) in [6.07, 6.45) is 6.31. The molecule has 0 aromatic heterocycles. The Morgan fingerprint density at radius 1 is 1.55 bits per heavy atom. The van der Waals surface area contributed by atoms with E-state index >= 15 is 0 Å².